The summed E-state index contributed by atoms with van der Waals surface area (Å²) in [5.41, 5.74) is 2.18. The van der Waals surface area contributed by atoms with Crippen LogP contribution in [0.5, 0.6) is 5.75 Å². The van der Waals surface area contributed by atoms with Gasteiger partial charge in [-0.1, -0.05) is 19.1 Å². The Bertz CT molecular complexity index is 842. The highest BCUT2D eigenvalue weighted by atomic mass is 16.5. The van der Waals surface area contributed by atoms with Gasteiger partial charge in [-0.25, -0.2) is 4.98 Å². The van der Waals surface area contributed by atoms with Crippen molar-refractivity contribution in [1.82, 2.24) is 19.6 Å². The van der Waals surface area contributed by atoms with Gasteiger partial charge >= 0.3 is 0 Å². The van der Waals surface area contributed by atoms with Crippen molar-refractivity contribution in [2.75, 3.05) is 25.1 Å². The van der Waals surface area contributed by atoms with Crippen molar-refractivity contribution in [2.45, 2.75) is 19.8 Å². The fourth-order valence-electron chi connectivity index (χ4n) is 3.43. The lowest BCUT2D eigenvalue weighted by Gasteiger charge is -2.33. The SMILES string of the molecule is COc1ccc(-c2cnc3ncnn3c2N2CCC[C@@H](C)C2)cc1. The zero-order chi connectivity index (χ0) is 16.5. The number of methoxy groups -OCH3 is 1. The highest BCUT2D eigenvalue weighted by molar-refractivity contribution is 5.77. The second kappa shape index (κ2) is 6.11. The summed E-state index contributed by atoms with van der Waals surface area (Å²) in [6, 6.07) is 8.08. The van der Waals surface area contributed by atoms with Crippen LogP contribution in [0.4, 0.5) is 5.82 Å². The Hall–Kier alpha value is -2.63. The lowest BCUT2D eigenvalue weighted by atomic mass is 9.99. The molecule has 6 heteroatoms. The molecular formula is C18H21N5O. The monoisotopic (exact) mass is 323 g/mol. The predicted octanol–water partition coefficient (Wildman–Crippen LogP) is 3.04. The third-order valence-electron chi connectivity index (χ3n) is 4.64. The molecular weight excluding hydrogens is 302 g/mol. The van der Waals surface area contributed by atoms with Crippen LogP contribution in [0.15, 0.2) is 36.8 Å². The molecule has 1 aliphatic heterocycles. The van der Waals surface area contributed by atoms with Gasteiger partial charge in [-0.15, -0.1) is 0 Å². The van der Waals surface area contributed by atoms with Crippen LogP contribution in [0.25, 0.3) is 16.9 Å². The maximum atomic E-state index is 5.27. The smallest absolute Gasteiger partial charge is 0.254 e. The van der Waals surface area contributed by atoms with Crippen LogP contribution in [0.3, 0.4) is 0 Å². The zero-order valence-corrected chi connectivity index (χ0v) is 14.0. The van der Waals surface area contributed by atoms with Crippen molar-refractivity contribution in [3.05, 3.63) is 36.8 Å². The second-order valence-electron chi connectivity index (χ2n) is 6.39. The van der Waals surface area contributed by atoms with E-state index in [0.29, 0.717) is 11.7 Å². The highest BCUT2D eigenvalue weighted by Crippen LogP contribution is 2.33. The molecule has 24 heavy (non-hydrogen) atoms. The Kier molecular flexibility index (Phi) is 3.80. The number of benzene rings is 1. The summed E-state index contributed by atoms with van der Waals surface area (Å²) in [4.78, 5) is 11.1. The summed E-state index contributed by atoms with van der Waals surface area (Å²) >= 11 is 0. The molecule has 0 unspecified atom stereocenters. The first-order valence-electron chi connectivity index (χ1n) is 8.34. The van der Waals surface area contributed by atoms with Crippen molar-refractivity contribution >= 4 is 11.6 Å². The first-order chi connectivity index (χ1) is 11.8. The number of fused-ring (bicyclic) bond motifs is 1. The summed E-state index contributed by atoms with van der Waals surface area (Å²) in [6.07, 6.45) is 5.94. The normalized spacial score (nSPS) is 18.1. The van der Waals surface area contributed by atoms with Gasteiger partial charge in [0.25, 0.3) is 5.78 Å². The summed E-state index contributed by atoms with van der Waals surface area (Å²) in [7, 11) is 1.68. The molecule has 1 aliphatic rings. The van der Waals surface area contributed by atoms with Gasteiger partial charge in [0, 0.05) is 24.8 Å². The molecule has 1 saturated heterocycles. The van der Waals surface area contributed by atoms with E-state index in [9.17, 15) is 0 Å². The molecule has 0 radical (unpaired) electrons. The molecule has 1 atom stereocenters. The molecule has 0 spiro atoms. The van der Waals surface area contributed by atoms with E-state index in [-0.39, 0.29) is 0 Å². The first-order valence-corrected chi connectivity index (χ1v) is 8.34. The zero-order valence-electron chi connectivity index (χ0n) is 14.0. The minimum Gasteiger partial charge on any atom is -0.497 e. The number of piperidine rings is 1. The standard InChI is InChI=1S/C18H21N5O/c1-13-4-3-9-22(11-13)17-16(10-19-18-20-12-21-23(17)18)14-5-7-15(24-2)8-6-14/h5-8,10,12-13H,3-4,9,11H2,1-2H3/t13-/m1/s1. The molecule has 0 amide bonds. The molecule has 0 bridgehead atoms. The third kappa shape index (κ3) is 2.58. The molecule has 3 aromatic rings. The van der Waals surface area contributed by atoms with Gasteiger partial charge in [0.05, 0.1) is 7.11 Å². The van der Waals surface area contributed by atoms with Gasteiger partial charge in [0.2, 0.25) is 0 Å². The molecule has 0 aliphatic carbocycles. The average Bonchev–Trinajstić information content (AvgIpc) is 3.09. The number of aromatic nitrogens is 4. The molecule has 4 rings (SSSR count). The number of hydrogen-bond acceptors (Lipinski definition) is 5. The molecule has 0 N–H and O–H groups in total. The molecule has 6 nitrogen and oxygen atoms in total. The van der Waals surface area contributed by atoms with E-state index in [0.717, 1.165) is 35.8 Å². The Morgan fingerprint density at radius 1 is 1.17 bits per heavy atom. The fraction of sp³-hybridized carbons (Fsp3) is 0.389. The molecule has 1 fully saturated rings. The molecule has 124 valence electrons. The van der Waals surface area contributed by atoms with Crippen LogP contribution in [0, 0.1) is 5.92 Å². The first kappa shape index (κ1) is 14.9. The second-order valence-corrected chi connectivity index (χ2v) is 6.39. The van der Waals surface area contributed by atoms with Crippen LogP contribution in [0.1, 0.15) is 19.8 Å². The summed E-state index contributed by atoms with van der Waals surface area (Å²) in [5, 5.41) is 4.42. The van der Waals surface area contributed by atoms with E-state index < -0.39 is 0 Å². The van der Waals surface area contributed by atoms with Gasteiger partial charge in [-0.05, 0) is 36.5 Å². The Labute approximate surface area is 141 Å². The number of hydrogen-bond donors (Lipinski definition) is 0. The number of rotatable bonds is 3. The maximum absolute atomic E-state index is 5.27. The van der Waals surface area contributed by atoms with E-state index in [2.05, 4.69) is 39.0 Å². The Balaban J connectivity index is 1.86. The van der Waals surface area contributed by atoms with Crippen molar-refractivity contribution in [1.29, 1.82) is 0 Å². The largest absolute Gasteiger partial charge is 0.497 e. The van der Waals surface area contributed by atoms with E-state index in [1.165, 1.54) is 12.8 Å². The van der Waals surface area contributed by atoms with E-state index >= 15 is 0 Å². The summed E-state index contributed by atoms with van der Waals surface area (Å²) < 4.78 is 7.13. The van der Waals surface area contributed by atoms with E-state index in [1.807, 2.05) is 22.8 Å². The van der Waals surface area contributed by atoms with Crippen molar-refractivity contribution in [3.63, 3.8) is 0 Å². The topological polar surface area (TPSA) is 55.6 Å². The Morgan fingerprint density at radius 2 is 2.00 bits per heavy atom. The summed E-state index contributed by atoms with van der Waals surface area (Å²) in [6.45, 7) is 4.37. The van der Waals surface area contributed by atoms with Crippen LogP contribution in [-0.2, 0) is 0 Å². The van der Waals surface area contributed by atoms with Gasteiger partial charge in [0.15, 0.2) is 0 Å². The fourth-order valence-corrected chi connectivity index (χ4v) is 3.43. The molecule has 2 aromatic heterocycles. The van der Waals surface area contributed by atoms with Crippen LogP contribution >= 0.6 is 0 Å². The average molecular weight is 323 g/mol. The number of nitrogens with zero attached hydrogens (tertiary/aromatic N) is 5. The quantitative estimate of drug-likeness (QED) is 0.741. The van der Waals surface area contributed by atoms with Crippen molar-refractivity contribution in [3.8, 4) is 16.9 Å². The molecule has 0 saturated carbocycles. The molecule has 1 aromatic carbocycles. The van der Waals surface area contributed by atoms with E-state index in [4.69, 9.17) is 4.74 Å². The van der Waals surface area contributed by atoms with Crippen molar-refractivity contribution in [2.24, 2.45) is 5.92 Å². The predicted molar refractivity (Wildman–Crippen MR) is 93.4 cm³/mol. The van der Waals surface area contributed by atoms with Gasteiger partial charge < -0.3 is 9.64 Å². The lowest BCUT2D eigenvalue weighted by Crippen LogP contribution is -2.36. The van der Waals surface area contributed by atoms with Crippen molar-refractivity contribution < 1.29 is 4.74 Å². The maximum Gasteiger partial charge on any atom is 0.254 e. The van der Waals surface area contributed by atoms with Gasteiger partial charge in [-0.2, -0.15) is 14.6 Å². The highest BCUT2D eigenvalue weighted by Gasteiger charge is 2.23. The van der Waals surface area contributed by atoms with Crippen LogP contribution < -0.4 is 9.64 Å². The van der Waals surface area contributed by atoms with Gasteiger partial charge in [-0.3, -0.25) is 0 Å². The van der Waals surface area contributed by atoms with Crippen LogP contribution in [0.2, 0.25) is 0 Å². The summed E-state index contributed by atoms with van der Waals surface area (Å²) in [5.74, 6) is 3.24. The number of ether oxygens (including phenoxy) is 1. The Morgan fingerprint density at radius 3 is 2.75 bits per heavy atom. The third-order valence-corrected chi connectivity index (χ3v) is 4.64. The minimum atomic E-state index is 0.639. The molecule has 3 heterocycles. The number of anilines is 1. The van der Waals surface area contributed by atoms with Gasteiger partial charge in [0.1, 0.15) is 17.9 Å². The van der Waals surface area contributed by atoms with Crippen LogP contribution in [-0.4, -0.2) is 39.8 Å². The lowest BCUT2D eigenvalue weighted by molar-refractivity contribution is 0.415. The minimum absolute atomic E-state index is 0.639. The van der Waals surface area contributed by atoms with E-state index in [1.54, 1.807) is 13.4 Å².